The molecule has 0 aliphatic heterocycles. The number of hydrogen-bond donors (Lipinski definition) is 1. The van der Waals surface area contributed by atoms with Crippen LogP contribution >= 0.6 is 0 Å². The summed E-state index contributed by atoms with van der Waals surface area (Å²) in [6.07, 6.45) is 4.77. The summed E-state index contributed by atoms with van der Waals surface area (Å²) in [5.74, 6) is -0.133. The van der Waals surface area contributed by atoms with Crippen LogP contribution in [0.4, 0.5) is 10.1 Å². The molecule has 4 aromatic rings. The van der Waals surface area contributed by atoms with Gasteiger partial charge in [-0.05, 0) is 43.7 Å². The van der Waals surface area contributed by atoms with E-state index in [4.69, 9.17) is 0 Å². The van der Waals surface area contributed by atoms with Gasteiger partial charge in [-0.1, -0.05) is 12.1 Å². The van der Waals surface area contributed by atoms with Crippen LogP contribution in [0, 0.1) is 19.7 Å². The molecule has 0 atom stereocenters. The Labute approximate surface area is 171 Å². The Balaban J connectivity index is 1.45. The second-order valence-corrected chi connectivity index (χ2v) is 7.02. The van der Waals surface area contributed by atoms with Crippen molar-refractivity contribution in [3.05, 3.63) is 82.7 Å². The van der Waals surface area contributed by atoms with Gasteiger partial charge in [-0.2, -0.15) is 0 Å². The lowest BCUT2D eigenvalue weighted by Crippen LogP contribution is -2.24. The van der Waals surface area contributed by atoms with Gasteiger partial charge in [-0.25, -0.2) is 14.4 Å². The Kier molecular flexibility index (Phi) is 5.14. The summed E-state index contributed by atoms with van der Waals surface area (Å²) in [4.78, 5) is 33.3. The Morgan fingerprint density at radius 3 is 2.73 bits per heavy atom. The first-order valence-corrected chi connectivity index (χ1v) is 9.48. The van der Waals surface area contributed by atoms with E-state index in [1.807, 2.05) is 13.0 Å². The number of aryl methyl sites for hydroxylation is 3. The van der Waals surface area contributed by atoms with Crippen molar-refractivity contribution in [3.63, 3.8) is 0 Å². The summed E-state index contributed by atoms with van der Waals surface area (Å²) < 4.78 is 17.5. The third-order valence-electron chi connectivity index (χ3n) is 4.95. The molecule has 8 heteroatoms. The molecule has 0 aliphatic rings. The van der Waals surface area contributed by atoms with Crippen LogP contribution in [0.5, 0.6) is 0 Å². The second-order valence-electron chi connectivity index (χ2n) is 7.02. The van der Waals surface area contributed by atoms with Crippen molar-refractivity contribution in [3.8, 4) is 5.69 Å². The molecule has 0 bridgehead atoms. The molecule has 0 fully saturated rings. The first kappa shape index (κ1) is 19.5. The standard InChI is InChI=1S/C22H20FN5O2/c1-14-4-3-5-17-21(14)25-13-27(22(17)30)10-8-20(29)26-16-6-7-19(18(23)12-16)28-11-9-24-15(28)2/h3-7,9,11-13H,8,10H2,1-2H3,(H,26,29). The lowest BCUT2D eigenvalue weighted by molar-refractivity contribution is -0.116. The van der Waals surface area contributed by atoms with E-state index in [2.05, 4.69) is 15.3 Å². The molecule has 1 N–H and O–H groups in total. The van der Waals surface area contributed by atoms with E-state index in [1.165, 1.54) is 17.0 Å². The van der Waals surface area contributed by atoms with E-state index >= 15 is 0 Å². The molecule has 2 heterocycles. The summed E-state index contributed by atoms with van der Waals surface area (Å²) in [6, 6.07) is 9.90. The molecule has 2 aromatic heterocycles. The number of amides is 1. The van der Waals surface area contributed by atoms with Gasteiger partial charge in [0.05, 0.1) is 22.9 Å². The highest BCUT2D eigenvalue weighted by Crippen LogP contribution is 2.19. The molecule has 0 spiro atoms. The Bertz CT molecular complexity index is 1310. The fraction of sp³-hybridized carbons (Fsp3) is 0.182. The van der Waals surface area contributed by atoms with Crippen LogP contribution in [0.1, 0.15) is 17.8 Å². The number of carbonyl (C=O) groups excluding carboxylic acids is 1. The number of nitrogens with one attached hydrogen (secondary N) is 1. The number of hydrogen-bond acceptors (Lipinski definition) is 4. The zero-order valence-electron chi connectivity index (χ0n) is 16.6. The predicted octanol–water partition coefficient (Wildman–Crippen LogP) is 3.37. The molecule has 0 unspecified atom stereocenters. The van der Waals surface area contributed by atoms with Crippen LogP contribution in [-0.4, -0.2) is 25.0 Å². The average molecular weight is 405 g/mol. The van der Waals surface area contributed by atoms with E-state index in [1.54, 1.807) is 48.1 Å². The SMILES string of the molecule is Cc1cccc2c(=O)n(CCC(=O)Nc3ccc(-n4ccnc4C)c(F)c3)cnc12. The Morgan fingerprint density at radius 1 is 1.17 bits per heavy atom. The molecule has 0 radical (unpaired) electrons. The Morgan fingerprint density at radius 2 is 2.00 bits per heavy atom. The van der Waals surface area contributed by atoms with Crippen molar-refractivity contribution in [2.45, 2.75) is 26.8 Å². The maximum Gasteiger partial charge on any atom is 0.261 e. The van der Waals surface area contributed by atoms with E-state index in [-0.39, 0.29) is 24.4 Å². The van der Waals surface area contributed by atoms with Gasteiger partial charge in [-0.15, -0.1) is 0 Å². The van der Waals surface area contributed by atoms with E-state index in [0.29, 0.717) is 28.1 Å². The number of halogens is 1. The lowest BCUT2D eigenvalue weighted by Gasteiger charge is -2.11. The van der Waals surface area contributed by atoms with E-state index < -0.39 is 5.82 Å². The number of nitrogens with zero attached hydrogens (tertiary/aromatic N) is 4. The number of rotatable bonds is 5. The number of imidazole rings is 1. The zero-order valence-corrected chi connectivity index (χ0v) is 16.6. The molecule has 152 valence electrons. The van der Waals surface area contributed by atoms with Gasteiger partial charge in [0.15, 0.2) is 0 Å². The largest absolute Gasteiger partial charge is 0.326 e. The minimum atomic E-state index is -0.473. The number of para-hydroxylation sites is 1. The number of fused-ring (bicyclic) bond motifs is 1. The molecule has 7 nitrogen and oxygen atoms in total. The van der Waals surface area contributed by atoms with Crippen molar-refractivity contribution in [1.82, 2.24) is 19.1 Å². The van der Waals surface area contributed by atoms with Crippen LogP contribution in [0.25, 0.3) is 16.6 Å². The van der Waals surface area contributed by atoms with Crippen LogP contribution < -0.4 is 10.9 Å². The van der Waals surface area contributed by atoms with Crippen LogP contribution in [0.15, 0.2) is 59.9 Å². The molecule has 1 amide bonds. The second kappa shape index (κ2) is 7.90. The number of aromatic nitrogens is 4. The highest BCUT2D eigenvalue weighted by molar-refractivity contribution is 5.90. The van der Waals surface area contributed by atoms with E-state index in [0.717, 1.165) is 5.56 Å². The van der Waals surface area contributed by atoms with Gasteiger partial charge in [0, 0.05) is 31.0 Å². The van der Waals surface area contributed by atoms with Crippen molar-refractivity contribution in [1.29, 1.82) is 0 Å². The van der Waals surface area contributed by atoms with E-state index in [9.17, 15) is 14.0 Å². The Hall–Kier alpha value is -3.81. The highest BCUT2D eigenvalue weighted by atomic mass is 19.1. The minimum Gasteiger partial charge on any atom is -0.326 e. The zero-order chi connectivity index (χ0) is 21.3. The minimum absolute atomic E-state index is 0.0584. The quantitative estimate of drug-likeness (QED) is 0.552. The fourth-order valence-corrected chi connectivity index (χ4v) is 3.35. The molecule has 0 saturated carbocycles. The topological polar surface area (TPSA) is 81.8 Å². The summed E-state index contributed by atoms with van der Waals surface area (Å²) in [5.41, 5.74) is 2.09. The van der Waals surface area contributed by atoms with Crippen molar-refractivity contribution in [2.24, 2.45) is 0 Å². The highest BCUT2D eigenvalue weighted by Gasteiger charge is 2.11. The van der Waals surface area contributed by atoms with Crippen molar-refractivity contribution >= 4 is 22.5 Å². The molecule has 4 rings (SSSR count). The monoisotopic (exact) mass is 405 g/mol. The number of benzene rings is 2. The number of anilines is 1. The maximum atomic E-state index is 14.5. The lowest BCUT2D eigenvalue weighted by atomic mass is 10.1. The van der Waals surface area contributed by atoms with Gasteiger partial charge < -0.3 is 9.88 Å². The van der Waals surface area contributed by atoms with Gasteiger partial charge in [0.25, 0.3) is 5.56 Å². The first-order valence-electron chi connectivity index (χ1n) is 9.48. The van der Waals surface area contributed by atoms with Gasteiger partial charge in [0.1, 0.15) is 11.6 Å². The third kappa shape index (κ3) is 3.71. The van der Waals surface area contributed by atoms with Crippen molar-refractivity contribution in [2.75, 3.05) is 5.32 Å². The molecule has 30 heavy (non-hydrogen) atoms. The molecular weight excluding hydrogens is 385 g/mol. The summed E-state index contributed by atoms with van der Waals surface area (Å²) in [7, 11) is 0. The smallest absolute Gasteiger partial charge is 0.261 e. The van der Waals surface area contributed by atoms with Crippen LogP contribution in [0.2, 0.25) is 0 Å². The summed E-state index contributed by atoms with van der Waals surface area (Å²) >= 11 is 0. The fourth-order valence-electron chi connectivity index (χ4n) is 3.35. The van der Waals surface area contributed by atoms with Crippen molar-refractivity contribution < 1.29 is 9.18 Å². The molecule has 2 aromatic carbocycles. The molecule has 0 aliphatic carbocycles. The predicted molar refractivity (Wildman–Crippen MR) is 112 cm³/mol. The van der Waals surface area contributed by atoms with Gasteiger partial charge >= 0.3 is 0 Å². The molecule has 0 saturated heterocycles. The summed E-state index contributed by atoms with van der Waals surface area (Å²) in [5, 5.41) is 3.19. The third-order valence-corrected chi connectivity index (χ3v) is 4.95. The van der Waals surface area contributed by atoms with Gasteiger partial charge in [-0.3, -0.25) is 14.2 Å². The van der Waals surface area contributed by atoms with Crippen LogP contribution in [-0.2, 0) is 11.3 Å². The number of carbonyl (C=O) groups is 1. The summed E-state index contributed by atoms with van der Waals surface area (Å²) in [6.45, 7) is 3.85. The van der Waals surface area contributed by atoms with Crippen LogP contribution in [0.3, 0.4) is 0 Å². The molecular formula is C22H20FN5O2. The normalized spacial score (nSPS) is 11.0. The first-order chi connectivity index (χ1) is 14.4. The average Bonchev–Trinajstić information content (AvgIpc) is 3.14. The van der Waals surface area contributed by atoms with Gasteiger partial charge in [0.2, 0.25) is 5.91 Å². The maximum absolute atomic E-state index is 14.5.